The third-order valence-electron chi connectivity index (χ3n) is 2.53. The van der Waals surface area contributed by atoms with Crippen molar-refractivity contribution in [1.29, 1.82) is 0 Å². The first kappa shape index (κ1) is 11.1. The summed E-state index contributed by atoms with van der Waals surface area (Å²) >= 11 is 1.80. The first-order valence-corrected chi connectivity index (χ1v) is 6.38. The van der Waals surface area contributed by atoms with Crippen LogP contribution in [0.2, 0.25) is 0 Å². The second kappa shape index (κ2) is 6.23. The average Bonchev–Trinajstić information content (AvgIpc) is 2.79. The lowest BCUT2D eigenvalue weighted by atomic mass is 10.2. The van der Waals surface area contributed by atoms with Crippen molar-refractivity contribution in [2.45, 2.75) is 19.1 Å². The molecular weight excluding hydrogens is 208 g/mol. The molecule has 1 unspecified atom stereocenters. The average molecular weight is 226 g/mol. The summed E-state index contributed by atoms with van der Waals surface area (Å²) in [6.45, 7) is 4.87. The second-order valence-corrected chi connectivity index (χ2v) is 4.77. The molecule has 1 aromatic heterocycles. The molecular formula is C11H18N2OS. The van der Waals surface area contributed by atoms with Crippen LogP contribution in [0.1, 0.15) is 11.3 Å². The van der Waals surface area contributed by atoms with E-state index in [2.05, 4.69) is 28.1 Å². The van der Waals surface area contributed by atoms with Crippen LogP contribution in [0.4, 0.5) is 0 Å². The van der Waals surface area contributed by atoms with Crippen molar-refractivity contribution in [1.82, 2.24) is 10.6 Å². The molecule has 1 aromatic rings. The summed E-state index contributed by atoms with van der Waals surface area (Å²) in [5.74, 6) is 0. The van der Waals surface area contributed by atoms with E-state index in [9.17, 15) is 0 Å². The largest absolute Gasteiger partial charge is 0.376 e. The fraction of sp³-hybridized carbons (Fsp3) is 0.636. The Balaban J connectivity index is 1.54. The maximum atomic E-state index is 5.62. The molecule has 0 bridgehead atoms. The van der Waals surface area contributed by atoms with Crippen molar-refractivity contribution >= 4 is 11.3 Å². The van der Waals surface area contributed by atoms with E-state index in [1.165, 1.54) is 4.88 Å². The number of hydrogen-bond donors (Lipinski definition) is 2. The highest BCUT2D eigenvalue weighted by atomic mass is 32.1. The molecule has 1 atom stereocenters. The van der Waals surface area contributed by atoms with Gasteiger partial charge < -0.3 is 15.4 Å². The summed E-state index contributed by atoms with van der Waals surface area (Å²) in [5, 5.41) is 8.89. The summed E-state index contributed by atoms with van der Waals surface area (Å²) in [5.41, 5.74) is 0. The number of morpholine rings is 1. The van der Waals surface area contributed by atoms with Gasteiger partial charge in [-0.1, -0.05) is 6.07 Å². The molecule has 0 saturated carbocycles. The van der Waals surface area contributed by atoms with Crippen molar-refractivity contribution in [3.63, 3.8) is 0 Å². The van der Waals surface area contributed by atoms with E-state index in [0.29, 0.717) is 6.10 Å². The summed E-state index contributed by atoms with van der Waals surface area (Å²) in [7, 11) is 0. The van der Waals surface area contributed by atoms with E-state index in [0.717, 1.165) is 39.2 Å². The lowest BCUT2D eigenvalue weighted by Gasteiger charge is -2.23. The predicted molar refractivity (Wildman–Crippen MR) is 63.3 cm³/mol. The number of ether oxygens (including phenoxy) is 1. The molecule has 0 amide bonds. The third kappa shape index (κ3) is 3.91. The Kier molecular flexibility index (Phi) is 4.60. The van der Waals surface area contributed by atoms with Gasteiger partial charge in [0.25, 0.3) is 0 Å². The summed E-state index contributed by atoms with van der Waals surface area (Å²) in [6.07, 6.45) is 1.49. The van der Waals surface area contributed by atoms with Gasteiger partial charge in [0.05, 0.1) is 12.7 Å². The highest BCUT2D eigenvalue weighted by Crippen LogP contribution is 2.07. The minimum absolute atomic E-state index is 0.398. The van der Waals surface area contributed by atoms with Crippen LogP contribution in [0, 0.1) is 0 Å². The van der Waals surface area contributed by atoms with Crippen molar-refractivity contribution in [3.8, 4) is 0 Å². The van der Waals surface area contributed by atoms with Crippen LogP contribution in [0.5, 0.6) is 0 Å². The van der Waals surface area contributed by atoms with E-state index in [4.69, 9.17) is 4.74 Å². The van der Waals surface area contributed by atoms with Gasteiger partial charge in [-0.3, -0.25) is 0 Å². The molecule has 0 spiro atoms. The molecule has 15 heavy (non-hydrogen) atoms. The van der Waals surface area contributed by atoms with Gasteiger partial charge in [0.15, 0.2) is 0 Å². The number of thiophene rings is 1. The first-order valence-electron chi connectivity index (χ1n) is 5.50. The van der Waals surface area contributed by atoms with Crippen LogP contribution in [-0.2, 0) is 11.3 Å². The molecule has 2 heterocycles. The highest BCUT2D eigenvalue weighted by molar-refractivity contribution is 7.09. The van der Waals surface area contributed by atoms with Crippen LogP contribution in [0.15, 0.2) is 17.5 Å². The Labute approximate surface area is 94.8 Å². The maximum Gasteiger partial charge on any atom is 0.0712 e. The Morgan fingerprint density at radius 2 is 2.60 bits per heavy atom. The monoisotopic (exact) mass is 226 g/mol. The van der Waals surface area contributed by atoms with Crippen LogP contribution >= 0.6 is 11.3 Å². The van der Waals surface area contributed by atoms with Crippen LogP contribution < -0.4 is 10.6 Å². The molecule has 1 aliphatic rings. The molecule has 1 saturated heterocycles. The van der Waals surface area contributed by atoms with Crippen LogP contribution in [0.3, 0.4) is 0 Å². The zero-order valence-electron chi connectivity index (χ0n) is 8.87. The normalized spacial score (nSPS) is 21.7. The molecule has 84 valence electrons. The van der Waals surface area contributed by atoms with Gasteiger partial charge in [-0.25, -0.2) is 0 Å². The van der Waals surface area contributed by atoms with Crippen molar-refractivity contribution < 1.29 is 4.74 Å². The maximum absolute atomic E-state index is 5.62. The van der Waals surface area contributed by atoms with E-state index >= 15 is 0 Å². The predicted octanol–water partition coefficient (Wildman–Crippen LogP) is 1.22. The molecule has 0 aliphatic carbocycles. The lowest BCUT2D eigenvalue weighted by Crippen LogP contribution is -2.39. The quantitative estimate of drug-likeness (QED) is 0.741. The van der Waals surface area contributed by atoms with E-state index in [-0.39, 0.29) is 0 Å². The fourth-order valence-electron chi connectivity index (χ4n) is 1.69. The van der Waals surface area contributed by atoms with E-state index in [1.54, 1.807) is 11.3 Å². The zero-order chi connectivity index (χ0) is 10.3. The molecule has 1 aliphatic heterocycles. The van der Waals surface area contributed by atoms with Crippen molar-refractivity contribution in [2.24, 2.45) is 0 Å². The Bertz CT molecular complexity index is 258. The van der Waals surface area contributed by atoms with Gasteiger partial charge in [-0.2, -0.15) is 0 Å². The number of rotatable bonds is 5. The number of nitrogens with one attached hydrogen (secondary N) is 2. The summed E-state index contributed by atoms with van der Waals surface area (Å²) in [4.78, 5) is 1.40. The minimum Gasteiger partial charge on any atom is -0.376 e. The molecule has 0 radical (unpaired) electrons. The summed E-state index contributed by atoms with van der Waals surface area (Å²) in [6, 6.07) is 4.26. The zero-order valence-corrected chi connectivity index (χ0v) is 9.69. The molecule has 2 rings (SSSR count). The fourth-order valence-corrected chi connectivity index (χ4v) is 2.37. The highest BCUT2D eigenvalue weighted by Gasteiger charge is 2.11. The molecule has 3 nitrogen and oxygen atoms in total. The van der Waals surface area contributed by atoms with Gasteiger partial charge >= 0.3 is 0 Å². The van der Waals surface area contributed by atoms with Crippen LogP contribution in [0.25, 0.3) is 0 Å². The summed E-state index contributed by atoms with van der Waals surface area (Å²) < 4.78 is 5.62. The molecule has 0 aromatic carbocycles. The van der Waals surface area contributed by atoms with Gasteiger partial charge in [-0.15, -0.1) is 11.3 Å². The SMILES string of the molecule is c1csc(CNCCC2CNCCO2)c1. The van der Waals surface area contributed by atoms with E-state index < -0.39 is 0 Å². The van der Waals surface area contributed by atoms with Gasteiger partial charge in [-0.05, 0) is 24.4 Å². The Morgan fingerprint density at radius 1 is 1.60 bits per heavy atom. The van der Waals surface area contributed by atoms with Gasteiger partial charge in [0, 0.05) is 24.5 Å². The Morgan fingerprint density at radius 3 is 3.33 bits per heavy atom. The van der Waals surface area contributed by atoms with Crippen molar-refractivity contribution in [3.05, 3.63) is 22.4 Å². The van der Waals surface area contributed by atoms with E-state index in [1.807, 2.05) is 0 Å². The minimum atomic E-state index is 0.398. The standard InChI is InChI=1S/C11H18N2OS/c1-2-11(15-7-1)9-12-4-3-10-8-13-5-6-14-10/h1-2,7,10,12-13H,3-6,8-9H2. The molecule has 1 fully saturated rings. The van der Waals surface area contributed by atoms with Crippen LogP contribution in [-0.4, -0.2) is 32.3 Å². The number of hydrogen-bond acceptors (Lipinski definition) is 4. The third-order valence-corrected chi connectivity index (χ3v) is 3.40. The first-order chi connectivity index (χ1) is 7.45. The molecule has 2 N–H and O–H groups in total. The topological polar surface area (TPSA) is 33.3 Å². The molecule has 4 heteroatoms. The van der Waals surface area contributed by atoms with Crippen molar-refractivity contribution in [2.75, 3.05) is 26.2 Å². The Hall–Kier alpha value is -0.420. The van der Waals surface area contributed by atoms with Gasteiger partial charge in [0.2, 0.25) is 0 Å². The smallest absolute Gasteiger partial charge is 0.0712 e. The van der Waals surface area contributed by atoms with Gasteiger partial charge in [0.1, 0.15) is 0 Å². The second-order valence-electron chi connectivity index (χ2n) is 3.74. The lowest BCUT2D eigenvalue weighted by molar-refractivity contribution is 0.0238.